The van der Waals surface area contributed by atoms with Gasteiger partial charge in [-0.25, -0.2) is 4.98 Å². The van der Waals surface area contributed by atoms with Crippen LogP contribution in [0.4, 0.5) is 0 Å². The Kier molecular flexibility index (Phi) is 4.29. The molecule has 1 aromatic rings. The van der Waals surface area contributed by atoms with Gasteiger partial charge in [0.05, 0.1) is 5.69 Å². The lowest BCUT2D eigenvalue weighted by atomic mass is 9.81. The van der Waals surface area contributed by atoms with Gasteiger partial charge in [-0.05, 0) is 32.1 Å². The summed E-state index contributed by atoms with van der Waals surface area (Å²) in [4.78, 5) is 4.94. The fourth-order valence-electron chi connectivity index (χ4n) is 3.85. The lowest BCUT2D eigenvalue weighted by Gasteiger charge is -2.37. The lowest BCUT2D eigenvalue weighted by Crippen LogP contribution is -2.36. The number of fused-ring (bicyclic) bond motifs is 1. The Bertz CT molecular complexity index is 463. The molecule has 0 aliphatic carbocycles. The summed E-state index contributed by atoms with van der Waals surface area (Å²) in [5, 5.41) is 3.45. The molecule has 3 heteroatoms. The highest BCUT2D eigenvalue weighted by atomic mass is 15.2. The van der Waals surface area contributed by atoms with Crippen molar-refractivity contribution in [3.8, 4) is 0 Å². The number of nitrogens with one attached hydrogen (secondary N) is 1. The van der Waals surface area contributed by atoms with Gasteiger partial charge in [-0.2, -0.15) is 0 Å². The van der Waals surface area contributed by atoms with Crippen molar-refractivity contribution in [2.24, 2.45) is 5.41 Å². The monoisotopic (exact) mass is 277 g/mol. The zero-order valence-corrected chi connectivity index (χ0v) is 14.1. The van der Waals surface area contributed by atoms with E-state index in [2.05, 4.69) is 51.4 Å². The molecule has 0 radical (unpaired) electrons. The van der Waals surface area contributed by atoms with Gasteiger partial charge in [0.2, 0.25) is 0 Å². The Hall–Kier alpha value is -0.830. The summed E-state index contributed by atoms with van der Waals surface area (Å²) in [6, 6.07) is 0. The van der Waals surface area contributed by atoms with E-state index in [1.54, 1.807) is 0 Å². The summed E-state index contributed by atoms with van der Waals surface area (Å²) in [5.74, 6) is 1.29. The third-order valence-electron chi connectivity index (χ3n) is 4.00. The van der Waals surface area contributed by atoms with Crippen LogP contribution in [0.1, 0.15) is 71.6 Å². The molecule has 0 spiro atoms. The number of nitrogens with zero attached hydrogens (tertiary/aromatic N) is 2. The molecule has 2 heterocycles. The largest absolute Gasteiger partial charge is 0.326 e. The van der Waals surface area contributed by atoms with Crippen LogP contribution in [0.15, 0.2) is 0 Å². The van der Waals surface area contributed by atoms with E-state index in [4.69, 9.17) is 4.98 Å². The highest BCUT2D eigenvalue weighted by molar-refractivity contribution is 5.23. The molecule has 0 bridgehead atoms. The van der Waals surface area contributed by atoms with Gasteiger partial charge in [0, 0.05) is 37.2 Å². The van der Waals surface area contributed by atoms with Gasteiger partial charge in [-0.3, -0.25) is 0 Å². The quantitative estimate of drug-likeness (QED) is 0.910. The van der Waals surface area contributed by atoms with E-state index < -0.39 is 0 Å². The van der Waals surface area contributed by atoms with Gasteiger partial charge in [-0.1, -0.05) is 27.7 Å². The molecule has 1 aromatic heterocycles. The predicted molar refractivity (Wildman–Crippen MR) is 85.0 cm³/mol. The molecule has 1 N–H and O–H groups in total. The van der Waals surface area contributed by atoms with E-state index in [0.717, 1.165) is 32.4 Å². The van der Waals surface area contributed by atoms with Crippen molar-refractivity contribution in [1.29, 1.82) is 0 Å². The van der Waals surface area contributed by atoms with Crippen LogP contribution in [0.3, 0.4) is 0 Å². The summed E-state index contributed by atoms with van der Waals surface area (Å²) < 4.78 is 2.57. The first-order chi connectivity index (χ1) is 9.24. The molecule has 20 heavy (non-hydrogen) atoms. The molecule has 114 valence electrons. The van der Waals surface area contributed by atoms with Crippen LogP contribution in [-0.4, -0.2) is 16.1 Å². The van der Waals surface area contributed by atoms with Gasteiger partial charge in [0.15, 0.2) is 0 Å². The Balaban J connectivity index is 2.44. The Morgan fingerprint density at radius 1 is 1.20 bits per heavy atom. The van der Waals surface area contributed by atoms with Crippen molar-refractivity contribution >= 4 is 0 Å². The van der Waals surface area contributed by atoms with Gasteiger partial charge < -0.3 is 9.88 Å². The van der Waals surface area contributed by atoms with Crippen LogP contribution in [-0.2, 0) is 24.9 Å². The summed E-state index contributed by atoms with van der Waals surface area (Å²) in [7, 11) is 0. The van der Waals surface area contributed by atoms with Crippen molar-refractivity contribution in [3.05, 3.63) is 17.2 Å². The maximum atomic E-state index is 4.94. The standard InChI is InChI=1S/C17H31N3/c1-7-8-15-19-13-11-18-10-9-14(13)20(15)17(5,6)12-16(2,3)4/h18H,7-12H2,1-6H3. The van der Waals surface area contributed by atoms with E-state index in [9.17, 15) is 0 Å². The molecule has 0 amide bonds. The average molecular weight is 277 g/mol. The minimum absolute atomic E-state index is 0.140. The number of hydrogen-bond acceptors (Lipinski definition) is 2. The van der Waals surface area contributed by atoms with Crippen molar-refractivity contribution in [2.75, 3.05) is 6.54 Å². The van der Waals surface area contributed by atoms with E-state index in [-0.39, 0.29) is 5.54 Å². The topological polar surface area (TPSA) is 29.9 Å². The SMILES string of the molecule is CCCc1nc2c(n1C(C)(C)CC(C)(C)C)CCNC2. The molecular formula is C17H31N3. The third-order valence-corrected chi connectivity index (χ3v) is 4.00. The first-order valence-corrected chi connectivity index (χ1v) is 8.05. The second-order valence-corrected chi connectivity index (χ2v) is 7.98. The zero-order chi connectivity index (χ0) is 15.0. The summed E-state index contributed by atoms with van der Waals surface area (Å²) >= 11 is 0. The van der Waals surface area contributed by atoms with Crippen LogP contribution in [0.2, 0.25) is 0 Å². The van der Waals surface area contributed by atoms with Gasteiger partial charge in [0.1, 0.15) is 5.82 Å². The molecule has 3 nitrogen and oxygen atoms in total. The molecule has 1 aliphatic heterocycles. The number of rotatable bonds is 4. The van der Waals surface area contributed by atoms with Crippen LogP contribution < -0.4 is 5.32 Å². The summed E-state index contributed by atoms with van der Waals surface area (Å²) in [6.45, 7) is 16.0. The van der Waals surface area contributed by atoms with Crippen molar-refractivity contribution in [1.82, 2.24) is 14.9 Å². The minimum Gasteiger partial charge on any atom is -0.326 e. The molecule has 0 unspecified atom stereocenters. The molecular weight excluding hydrogens is 246 g/mol. The van der Waals surface area contributed by atoms with E-state index >= 15 is 0 Å². The normalized spacial score (nSPS) is 16.3. The second-order valence-electron chi connectivity index (χ2n) is 7.98. The summed E-state index contributed by atoms with van der Waals surface area (Å²) in [6.07, 6.45) is 4.53. The third kappa shape index (κ3) is 3.25. The molecule has 1 aliphatic rings. The minimum atomic E-state index is 0.140. The molecule has 0 fully saturated rings. The van der Waals surface area contributed by atoms with Crippen LogP contribution in [0.5, 0.6) is 0 Å². The van der Waals surface area contributed by atoms with Gasteiger partial charge in [-0.15, -0.1) is 0 Å². The highest BCUT2D eigenvalue weighted by Crippen LogP contribution is 2.35. The Morgan fingerprint density at radius 2 is 1.90 bits per heavy atom. The summed E-state index contributed by atoms with van der Waals surface area (Å²) in [5.41, 5.74) is 3.22. The van der Waals surface area contributed by atoms with Crippen molar-refractivity contribution in [3.63, 3.8) is 0 Å². The van der Waals surface area contributed by atoms with Crippen molar-refractivity contribution < 1.29 is 0 Å². The van der Waals surface area contributed by atoms with Gasteiger partial charge >= 0.3 is 0 Å². The molecule has 0 aromatic carbocycles. The van der Waals surface area contributed by atoms with Crippen LogP contribution in [0.25, 0.3) is 0 Å². The highest BCUT2D eigenvalue weighted by Gasteiger charge is 2.32. The first kappa shape index (κ1) is 15.6. The van der Waals surface area contributed by atoms with Gasteiger partial charge in [0.25, 0.3) is 0 Å². The first-order valence-electron chi connectivity index (χ1n) is 8.05. The van der Waals surface area contributed by atoms with Crippen LogP contribution >= 0.6 is 0 Å². The Labute approximate surface area is 124 Å². The van der Waals surface area contributed by atoms with Crippen LogP contribution in [0, 0.1) is 5.41 Å². The number of aryl methyl sites for hydroxylation is 1. The fraction of sp³-hybridized carbons (Fsp3) is 0.824. The average Bonchev–Trinajstić information content (AvgIpc) is 2.64. The Morgan fingerprint density at radius 3 is 2.50 bits per heavy atom. The zero-order valence-electron chi connectivity index (χ0n) is 14.1. The second kappa shape index (κ2) is 5.51. The lowest BCUT2D eigenvalue weighted by molar-refractivity contribution is 0.205. The molecule has 0 saturated carbocycles. The van der Waals surface area contributed by atoms with E-state index in [1.165, 1.54) is 23.6 Å². The predicted octanol–water partition coefficient (Wildman–Crippen LogP) is 3.65. The van der Waals surface area contributed by atoms with Crippen molar-refractivity contribution in [2.45, 2.75) is 79.3 Å². The number of aromatic nitrogens is 2. The molecule has 0 saturated heterocycles. The molecule has 0 atom stereocenters. The smallest absolute Gasteiger partial charge is 0.109 e. The molecule has 2 rings (SSSR count). The maximum Gasteiger partial charge on any atom is 0.109 e. The van der Waals surface area contributed by atoms with E-state index in [1.807, 2.05) is 0 Å². The maximum absolute atomic E-state index is 4.94. The van der Waals surface area contributed by atoms with E-state index in [0.29, 0.717) is 5.41 Å². The number of imidazole rings is 1. The number of hydrogen-bond donors (Lipinski definition) is 1. The fourth-order valence-corrected chi connectivity index (χ4v) is 3.85.